The van der Waals surface area contributed by atoms with Crippen molar-refractivity contribution in [2.24, 2.45) is 5.92 Å². The minimum Gasteiger partial charge on any atom is -0.494 e. The third-order valence-electron chi connectivity index (χ3n) is 5.07. The summed E-state index contributed by atoms with van der Waals surface area (Å²) in [6.45, 7) is 4.33. The predicted molar refractivity (Wildman–Crippen MR) is 108 cm³/mol. The summed E-state index contributed by atoms with van der Waals surface area (Å²) < 4.78 is 10.5. The molecule has 1 fully saturated rings. The maximum Gasteiger partial charge on any atom is 0.311 e. The Kier molecular flexibility index (Phi) is 6.65. The lowest BCUT2D eigenvalue weighted by atomic mass is 10.1. The molecule has 1 aliphatic rings. The zero-order valence-corrected chi connectivity index (χ0v) is 16.7. The molecule has 0 aliphatic carbocycles. The van der Waals surface area contributed by atoms with E-state index in [-0.39, 0.29) is 30.8 Å². The number of amides is 1. The molecule has 2 atom stereocenters. The highest BCUT2D eigenvalue weighted by Crippen LogP contribution is 2.29. The number of nitrogens with zero attached hydrogens (tertiary/aromatic N) is 1. The van der Waals surface area contributed by atoms with Gasteiger partial charge in [0.05, 0.1) is 18.6 Å². The number of ether oxygens (including phenoxy) is 2. The van der Waals surface area contributed by atoms with E-state index in [1.165, 1.54) is 0 Å². The lowest BCUT2D eigenvalue weighted by Crippen LogP contribution is -2.30. The van der Waals surface area contributed by atoms with E-state index in [1.807, 2.05) is 44.2 Å². The van der Waals surface area contributed by atoms with Gasteiger partial charge in [-0.2, -0.15) is 0 Å². The van der Waals surface area contributed by atoms with E-state index in [9.17, 15) is 14.4 Å². The van der Waals surface area contributed by atoms with Crippen molar-refractivity contribution in [3.05, 3.63) is 65.7 Å². The summed E-state index contributed by atoms with van der Waals surface area (Å²) in [6, 6.07) is 16.3. The van der Waals surface area contributed by atoms with E-state index in [0.717, 1.165) is 5.56 Å². The van der Waals surface area contributed by atoms with Gasteiger partial charge in [-0.15, -0.1) is 0 Å². The molecular formula is C23H25NO5. The number of ketones is 1. The van der Waals surface area contributed by atoms with Crippen LogP contribution in [0.25, 0.3) is 0 Å². The Balaban J connectivity index is 1.53. The Bertz CT molecular complexity index is 863. The fraction of sp³-hybridized carbons (Fsp3) is 0.348. The second-order valence-corrected chi connectivity index (χ2v) is 7.02. The molecule has 0 spiro atoms. The number of carbonyl (C=O) groups excluding carboxylic acids is 3. The fourth-order valence-electron chi connectivity index (χ4n) is 3.42. The summed E-state index contributed by atoms with van der Waals surface area (Å²) in [6.07, 6.45) is 0.104. The van der Waals surface area contributed by atoms with E-state index < -0.39 is 11.9 Å². The minimum atomic E-state index is -0.554. The SMILES string of the molecule is CCOc1ccc(C(=O)COC(=O)[C@@H]2CC(=O)N([C@@H](C)c3ccccc3)C2)cc1. The van der Waals surface area contributed by atoms with Crippen molar-refractivity contribution in [1.29, 1.82) is 0 Å². The van der Waals surface area contributed by atoms with Crippen molar-refractivity contribution in [2.75, 3.05) is 19.8 Å². The first kappa shape index (κ1) is 20.6. The zero-order chi connectivity index (χ0) is 20.8. The quantitative estimate of drug-likeness (QED) is 0.506. The monoisotopic (exact) mass is 395 g/mol. The molecule has 6 nitrogen and oxygen atoms in total. The van der Waals surface area contributed by atoms with Crippen molar-refractivity contribution in [2.45, 2.75) is 26.3 Å². The first-order valence-electron chi connectivity index (χ1n) is 9.76. The van der Waals surface area contributed by atoms with Crippen LogP contribution in [0.2, 0.25) is 0 Å². The lowest BCUT2D eigenvalue weighted by molar-refractivity contribution is -0.147. The average Bonchev–Trinajstić information content (AvgIpc) is 3.14. The Morgan fingerprint density at radius 1 is 1.10 bits per heavy atom. The van der Waals surface area contributed by atoms with Gasteiger partial charge in [0, 0.05) is 18.5 Å². The van der Waals surface area contributed by atoms with Crippen LogP contribution >= 0.6 is 0 Å². The molecule has 0 N–H and O–H groups in total. The van der Waals surface area contributed by atoms with Gasteiger partial charge >= 0.3 is 5.97 Å². The number of esters is 1. The molecule has 1 aliphatic heterocycles. The number of Topliss-reactive ketones (excluding diaryl/α,β-unsaturated/α-hetero) is 1. The van der Waals surface area contributed by atoms with Gasteiger partial charge in [0.15, 0.2) is 12.4 Å². The Labute approximate surface area is 170 Å². The van der Waals surface area contributed by atoms with Gasteiger partial charge in [-0.3, -0.25) is 14.4 Å². The first-order valence-corrected chi connectivity index (χ1v) is 9.76. The third kappa shape index (κ3) is 5.02. The molecule has 2 aromatic carbocycles. The molecule has 3 rings (SSSR count). The van der Waals surface area contributed by atoms with Crippen LogP contribution in [0.15, 0.2) is 54.6 Å². The molecule has 1 saturated heterocycles. The normalized spacial score (nSPS) is 17.1. The summed E-state index contributed by atoms with van der Waals surface area (Å²) in [7, 11) is 0. The van der Waals surface area contributed by atoms with Gasteiger partial charge in [-0.25, -0.2) is 0 Å². The summed E-state index contributed by atoms with van der Waals surface area (Å²) in [4.78, 5) is 38.7. The molecule has 0 saturated carbocycles. The van der Waals surface area contributed by atoms with Gasteiger partial charge in [0.25, 0.3) is 0 Å². The Morgan fingerprint density at radius 2 is 1.79 bits per heavy atom. The summed E-state index contributed by atoms with van der Waals surface area (Å²) in [5, 5.41) is 0. The highest BCUT2D eigenvalue weighted by Gasteiger charge is 2.38. The number of hydrogen-bond acceptors (Lipinski definition) is 5. The van der Waals surface area contributed by atoms with Gasteiger partial charge in [0.2, 0.25) is 5.91 Å². The topological polar surface area (TPSA) is 72.9 Å². The molecule has 0 bridgehead atoms. The molecule has 152 valence electrons. The number of likely N-dealkylation sites (tertiary alicyclic amines) is 1. The van der Waals surface area contributed by atoms with Crippen LogP contribution in [0.3, 0.4) is 0 Å². The molecule has 0 aromatic heterocycles. The summed E-state index contributed by atoms with van der Waals surface area (Å²) >= 11 is 0. The van der Waals surface area contributed by atoms with Crippen LogP contribution in [0.5, 0.6) is 5.75 Å². The molecule has 1 heterocycles. The smallest absolute Gasteiger partial charge is 0.311 e. The van der Waals surface area contributed by atoms with Crippen LogP contribution in [0.4, 0.5) is 0 Å². The van der Waals surface area contributed by atoms with Crippen LogP contribution < -0.4 is 4.74 Å². The second-order valence-electron chi connectivity index (χ2n) is 7.02. The fourth-order valence-corrected chi connectivity index (χ4v) is 3.42. The van der Waals surface area contributed by atoms with Gasteiger partial charge in [0.1, 0.15) is 5.75 Å². The van der Waals surface area contributed by atoms with Gasteiger partial charge in [-0.1, -0.05) is 30.3 Å². The Hall–Kier alpha value is -3.15. The largest absolute Gasteiger partial charge is 0.494 e. The third-order valence-corrected chi connectivity index (χ3v) is 5.07. The highest BCUT2D eigenvalue weighted by molar-refractivity contribution is 5.98. The number of hydrogen-bond donors (Lipinski definition) is 0. The van der Waals surface area contributed by atoms with Crippen LogP contribution in [-0.2, 0) is 14.3 Å². The van der Waals surface area contributed by atoms with Crippen molar-refractivity contribution in [3.63, 3.8) is 0 Å². The number of rotatable bonds is 8. The van der Waals surface area contributed by atoms with E-state index in [0.29, 0.717) is 24.5 Å². The van der Waals surface area contributed by atoms with Crippen molar-refractivity contribution in [3.8, 4) is 5.75 Å². The molecule has 1 amide bonds. The van der Waals surface area contributed by atoms with Crippen LogP contribution in [0.1, 0.15) is 42.2 Å². The maximum absolute atomic E-state index is 12.4. The van der Waals surface area contributed by atoms with Crippen LogP contribution in [-0.4, -0.2) is 42.3 Å². The molecule has 6 heteroatoms. The Morgan fingerprint density at radius 3 is 2.45 bits per heavy atom. The number of carbonyl (C=O) groups is 3. The van der Waals surface area contributed by atoms with E-state index in [2.05, 4.69) is 0 Å². The highest BCUT2D eigenvalue weighted by atomic mass is 16.5. The van der Waals surface area contributed by atoms with Crippen molar-refractivity contribution >= 4 is 17.7 Å². The maximum atomic E-state index is 12.4. The van der Waals surface area contributed by atoms with Crippen molar-refractivity contribution in [1.82, 2.24) is 4.90 Å². The zero-order valence-electron chi connectivity index (χ0n) is 16.7. The summed E-state index contributed by atoms with van der Waals surface area (Å²) in [5.74, 6) is -0.762. The molecule has 0 radical (unpaired) electrons. The van der Waals surface area contributed by atoms with Crippen molar-refractivity contribution < 1.29 is 23.9 Å². The predicted octanol–water partition coefficient (Wildman–Crippen LogP) is 3.42. The number of benzene rings is 2. The van der Waals surface area contributed by atoms with E-state index in [4.69, 9.17) is 9.47 Å². The van der Waals surface area contributed by atoms with E-state index in [1.54, 1.807) is 29.2 Å². The molecule has 29 heavy (non-hydrogen) atoms. The molecular weight excluding hydrogens is 370 g/mol. The molecule has 2 aromatic rings. The second kappa shape index (κ2) is 9.37. The van der Waals surface area contributed by atoms with E-state index >= 15 is 0 Å². The first-order chi connectivity index (χ1) is 14.0. The average molecular weight is 395 g/mol. The van der Waals surface area contributed by atoms with Crippen LogP contribution in [0, 0.1) is 5.92 Å². The standard InChI is InChI=1S/C23H25NO5/c1-3-28-20-11-9-18(10-12-20)21(25)15-29-23(27)19-13-22(26)24(14-19)16(2)17-7-5-4-6-8-17/h4-12,16,19H,3,13-15H2,1-2H3/t16-,19+/m0/s1. The lowest BCUT2D eigenvalue weighted by Gasteiger charge is -2.25. The van der Waals surface area contributed by atoms with Gasteiger partial charge < -0.3 is 14.4 Å². The minimum absolute atomic E-state index is 0.0823. The summed E-state index contributed by atoms with van der Waals surface area (Å²) in [5.41, 5.74) is 1.46. The molecule has 0 unspecified atom stereocenters. The van der Waals surface area contributed by atoms with Gasteiger partial charge in [-0.05, 0) is 43.7 Å².